The lowest BCUT2D eigenvalue weighted by atomic mass is 10.1. The average Bonchev–Trinajstić information content (AvgIpc) is 2.60. The predicted octanol–water partition coefficient (Wildman–Crippen LogP) is 3.37. The summed E-state index contributed by atoms with van der Waals surface area (Å²) in [7, 11) is 1.58. The maximum absolute atomic E-state index is 12.1. The number of esters is 1. The molecule has 0 aliphatic rings. The van der Waals surface area contributed by atoms with E-state index in [1.54, 1.807) is 7.05 Å². The second-order valence-corrected chi connectivity index (χ2v) is 6.17. The molecule has 0 aliphatic carbocycles. The van der Waals surface area contributed by atoms with Crippen molar-refractivity contribution in [3.8, 4) is 0 Å². The number of nitro groups is 1. The molecule has 2 aromatic carbocycles. The van der Waals surface area contributed by atoms with E-state index in [0.29, 0.717) is 6.54 Å². The predicted molar refractivity (Wildman–Crippen MR) is 96.0 cm³/mol. The van der Waals surface area contributed by atoms with E-state index in [1.807, 2.05) is 31.2 Å². The van der Waals surface area contributed by atoms with Crippen LogP contribution in [0.2, 0.25) is 5.02 Å². The van der Waals surface area contributed by atoms with Gasteiger partial charge in [0.25, 0.3) is 11.6 Å². The highest BCUT2D eigenvalue weighted by molar-refractivity contribution is 6.31. The van der Waals surface area contributed by atoms with Gasteiger partial charge in [0, 0.05) is 24.7 Å². The molecule has 2 rings (SSSR count). The van der Waals surface area contributed by atoms with Crippen molar-refractivity contribution in [1.82, 2.24) is 4.90 Å². The lowest BCUT2D eigenvalue weighted by Gasteiger charge is -2.17. The van der Waals surface area contributed by atoms with E-state index in [2.05, 4.69) is 0 Å². The molecule has 1 amide bonds. The molecule has 0 aliphatic heterocycles. The zero-order chi connectivity index (χ0) is 19.3. The molecular formula is C18H17ClN2O5. The maximum Gasteiger partial charge on any atom is 0.345 e. The van der Waals surface area contributed by atoms with E-state index >= 15 is 0 Å². The maximum atomic E-state index is 12.1. The third-order valence-electron chi connectivity index (χ3n) is 3.67. The van der Waals surface area contributed by atoms with Crippen LogP contribution in [0.3, 0.4) is 0 Å². The van der Waals surface area contributed by atoms with Gasteiger partial charge >= 0.3 is 5.97 Å². The standard InChI is InChI=1S/C18H17ClN2O5/c1-12-3-5-13(6-4-12)10-20(2)17(22)11-26-18(23)15-9-14(19)7-8-16(15)21(24)25/h3-9H,10-11H2,1-2H3. The first kappa shape index (κ1) is 19.4. The van der Waals surface area contributed by atoms with E-state index in [1.165, 1.54) is 11.0 Å². The van der Waals surface area contributed by atoms with E-state index < -0.39 is 29.1 Å². The third kappa shape index (κ3) is 5.03. The minimum atomic E-state index is -0.976. The van der Waals surface area contributed by atoms with E-state index in [4.69, 9.17) is 16.3 Å². The summed E-state index contributed by atoms with van der Waals surface area (Å²) < 4.78 is 4.92. The first-order chi connectivity index (χ1) is 12.3. The fraction of sp³-hybridized carbons (Fsp3) is 0.222. The van der Waals surface area contributed by atoms with Gasteiger partial charge < -0.3 is 9.64 Å². The Morgan fingerprint density at radius 2 is 1.85 bits per heavy atom. The van der Waals surface area contributed by atoms with Crippen molar-refractivity contribution in [2.24, 2.45) is 0 Å². The van der Waals surface area contributed by atoms with Crippen LogP contribution >= 0.6 is 11.6 Å². The van der Waals surface area contributed by atoms with Crippen LogP contribution in [0.15, 0.2) is 42.5 Å². The van der Waals surface area contributed by atoms with Gasteiger partial charge in [-0.1, -0.05) is 41.4 Å². The number of ether oxygens (including phenoxy) is 1. The van der Waals surface area contributed by atoms with Crippen molar-refractivity contribution in [2.45, 2.75) is 13.5 Å². The average molecular weight is 377 g/mol. The van der Waals surface area contributed by atoms with Crippen LogP contribution in [0.5, 0.6) is 0 Å². The zero-order valence-electron chi connectivity index (χ0n) is 14.3. The Morgan fingerprint density at radius 3 is 2.46 bits per heavy atom. The van der Waals surface area contributed by atoms with Crippen LogP contribution < -0.4 is 0 Å². The number of carbonyl (C=O) groups is 2. The summed E-state index contributed by atoms with van der Waals surface area (Å²) in [6.45, 7) is 1.80. The lowest BCUT2D eigenvalue weighted by molar-refractivity contribution is -0.385. The molecule has 0 unspecified atom stereocenters. The summed E-state index contributed by atoms with van der Waals surface area (Å²) >= 11 is 5.77. The molecule has 2 aromatic rings. The number of halogens is 1. The Labute approximate surface area is 155 Å². The summed E-state index contributed by atoms with van der Waals surface area (Å²) in [6.07, 6.45) is 0. The van der Waals surface area contributed by atoms with Crippen molar-refractivity contribution in [3.63, 3.8) is 0 Å². The van der Waals surface area contributed by atoms with E-state index in [9.17, 15) is 19.7 Å². The normalized spacial score (nSPS) is 10.3. The van der Waals surface area contributed by atoms with E-state index in [-0.39, 0.29) is 10.6 Å². The highest BCUT2D eigenvalue weighted by Crippen LogP contribution is 2.23. The number of nitrogens with zero attached hydrogens (tertiary/aromatic N) is 2. The summed E-state index contributed by atoms with van der Waals surface area (Å²) in [6, 6.07) is 11.2. The number of carbonyl (C=O) groups excluding carboxylic acids is 2. The Balaban J connectivity index is 1.98. The largest absolute Gasteiger partial charge is 0.452 e. The van der Waals surface area contributed by atoms with Crippen LogP contribution in [-0.2, 0) is 16.1 Å². The molecule has 0 saturated carbocycles. The number of benzene rings is 2. The van der Waals surface area contributed by atoms with Gasteiger partial charge in [-0.15, -0.1) is 0 Å². The van der Waals surface area contributed by atoms with Crippen LogP contribution in [0.25, 0.3) is 0 Å². The Bertz CT molecular complexity index is 836. The smallest absolute Gasteiger partial charge is 0.345 e. The molecule has 26 heavy (non-hydrogen) atoms. The highest BCUT2D eigenvalue weighted by atomic mass is 35.5. The van der Waals surface area contributed by atoms with E-state index in [0.717, 1.165) is 23.3 Å². The van der Waals surface area contributed by atoms with Gasteiger partial charge in [-0.3, -0.25) is 14.9 Å². The van der Waals surface area contributed by atoms with Gasteiger partial charge in [0.2, 0.25) is 0 Å². The van der Waals surface area contributed by atoms with Crippen molar-refractivity contribution < 1.29 is 19.2 Å². The van der Waals surface area contributed by atoms with Crippen molar-refractivity contribution in [3.05, 3.63) is 74.3 Å². The fourth-order valence-electron chi connectivity index (χ4n) is 2.20. The minimum absolute atomic E-state index is 0.158. The number of rotatable bonds is 6. The van der Waals surface area contributed by atoms with Crippen LogP contribution in [0.1, 0.15) is 21.5 Å². The molecule has 136 valence electrons. The van der Waals surface area contributed by atoms with Crippen molar-refractivity contribution >= 4 is 29.2 Å². The summed E-state index contributed by atoms with van der Waals surface area (Å²) in [5, 5.41) is 11.1. The molecule has 8 heteroatoms. The van der Waals surface area contributed by atoms with Gasteiger partial charge in [0.15, 0.2) is 6.61 Å². The monoisotopic (exact) mass is 376 g/mol. The molecular weight excluding hydrogens is 360 g/mol. The number of aryl methyl sites for hydroxylation is 1. The van der Waals surface area contributed by atoms with Crippen LogP contribution in [-0.4, -0.2) is 35.4 Å². The van der Waals surface area contributed by atoms with Crippen LogP contribution in [0.4, 0.5) is 5.69 Å². The molecule has 0 N–H and O–H groups in total. The van der Waals surface area contributed by atoms with Crippen molar-refractivity contribution in [1.29, 1.82) is 0 Å². The molecule has 0 aromatic heterocycles. The molecule has 0 heterocycles. The summed E-state index contributed by atoms with van der Waals surface area (Å²) in [5.41, 5.74) is 1.32. The van der Waals surface area contributed by atoms with Gasteiger partial charge in [0.05, 0.1) is 4.92 Å². The van der Waals surface area contributed by atoms with Crippen LogP contribution in [0, 0.1) is 17.0 Å². The fourth-order valence-corrected chi connectivity index (χ4v) is 2.37. The number of hydrogen-bond acceptors (Lipinski definition) is 5. The van der Waals surface area contributed by atoms with Crippen molar-refractivity contribution in [2.75, 3.05) is 13.7 Å². The molecule has 0 saturated heterocycles. The Morgan fingerprint density at radius 1 is 1.19 bits per heavy atom. The molecule has 0 spiro atoms. The van der Waals surface area contributed by atoms with Gasteiger partial charge in [-0.05, 0) is 24.6 Å². The zero-order valence-corrected chi connectivity index (χ0v) is 15.0. The first-order valence-electron chi connectivity index (χ1n) is 7.68. The van der Waals surface area contributed by atoms with Gasteiger partial charge in [-0.2, -0.15) is 0 Å². The summed E-state index contributed by atoms with van der Waals surface area (Å²) in [5.74, 6) is -1.40. The summed E-state index contributed by atoms with van der Waals surface area (Å²) in [4.78, 5) is 35.9. The number of amides is 1. The lowest BCUT2D eigenvalue weighted by Crippen LogP contribution is -2.30. The number of hydrogen-bond donors (Lipinski definition) is 0. The first-order valence-corrected chi connectivity index (χ1v) is 8.06. The SMILES string of the molecule is Cc1ccc(CN(C)C(=O)COC(=O)c2cc(Cl)ccc2[N+](=O)[O-])cc1. The Kier molecular flexibility index (Phi) is 6.30. The Hall–Kier alpha value is -2.93. The second-order valence-electron chi connectivity index (χ2n) is 5.73. The molecule has 0 radical (unpaired) electrons. The number of likely N-dealkylation sites (N-methyl/N-ethyl adjacent to an activating group) is 1. The second kappa shape index (κ2) is 8.44. The quantitative estimate of drug-likeness (QED) is 0.438. The highest BCUT2D eigenvalue weighted by Gasteiger charge is 2.23. The number of nitro benzene ring substituents is 1. The third-order valence-corrected chi connectivity index (χ3v) is 3.90. The molecule has 0 fully saturated rings. The minimum Gasteiger partial charge on any atom is -0.452 e. The molecule has 0 bridgehead atoms. The van der Waals surface area contributed by atoms with Gasteiger partial charge in [-0.25, -0.2) is 4.79 Å². The molecule has 7 nitrogen and oxygen atoms in total. The topological polar surface area (TPSA) is 89.8 Å². The van der Waals surface area contributed by atoms with Gasteiger partial charge in [0.1, 0.15) is 5.56 Å². The molecule has 0 atom stereocenters.